The Labute approximate surface area is 116 Å². The topological polar surface area (TPSA) is 6.48 Å². The van der Waals surface area contributed by atoms with E-state index in [1.54, 1.807) is 0 Å². The van der Waals surface area contributed by atoms with E-state index in [1.165, 1.54) is 22.5 Å². The standard InChI is InChI=1S/C17H22N2/c1-14-5-9-17(10-6-14)19(4)13-15-7-11-16(12-8-15)18(2)3/h5-12H,13H2,1-4H3. The maximum atomic E-state index is 2.27. The first kappa shape index (κ1) is 13.5. The van der Waals surface area contributed by atoms with Crippen molar-refractivity contribution >= 4 is 11.4 Å². The van der Waals surface area contributed by atoms with Crippen molar-refractivity contribution in [3.63, 3.8) is 0 Å². The minimum atomic E-state index is 0.927. The lowest BCUT2D eigenvalue weighted by atomic mass is 10.1. The molecule has 0 fully saturated rings. The number of anilines is 2. The fraction of sp³-hybridized carbons (Fsp3) is 0.294. The van der Waals surface area contributed by atoms with Gasteiger partial charge in [-0.05, 0) is 36.8 Å². The van der Waals surface area contributed by atoms with Crippen LogP contribution in [0.1, 0.15) is 11.1 Å². The molecule has 2 heteroatoms. The summed E-state index contributed by atoms with van der Waals surface area (Å²) < 4.78 is 0. The molecule has 0 aromatic heterocycles. The average molecular weight is 254 g/mol. The van der Waals surface area contributed by atoms with Crippen LogP contribution >= 0.6 is 0 Å². The molecule has 0 N–H and O–H groups in total. The van der Waals surface area contributed by atoms with E-state index in [0.717, 1.165) is 6.54 Å². The number of benzene rings is 2. The van der Waals surface area contributed by atoms with E-state index in [9.17, 15) is 0 Å². The summed E-state index contributed by atoms with van der Waals surface area (Å²) in [6.45, 7) is 3.04. The molecule has 0 saturated heterocycles. The number of nitrogens with zero attached hydrogens (tertiary/aromatic N) is 2. The lowest BCUT2D eigenvalue weighted by Crippen LogP contribution is -2.16. The van der Waals surface area contributed by atoms with Gasteiger partial charge in [-0.2, -0.15) is 0 Å². The fourth-order valence-electron chi connectivity index (χ4n) is 2.06. The van der Waals surface area contributed by atoms with Crippen LogP contribution in [0.2, 0.25) is 0 Å². The third-order valence-electron chi connectivity index (χ3n) is 3.35. The van der Waals surface area contributed by atoms with E-state index in [-0.39, 0.29) is 0 Å². The molecule has 0 unspecified atom stereocenters. The van der Waals surface area contributed by atoms with Gasteiger partial charge in [0.25, 0.3) is 0 Å². The minimum Gasteiger partial charge on any atom is -0.378 e. The normalized spacial score (nSPS) is 10.3. The second-order valence-corrected chi connectivity index (χ2v) is 5.25. The van der Waals surface area contributed by atoms with Crippen molar-refractivity contribution in [1.82, 2.24) is 0 Å². The van der Waals surface area contributed by atoms with Gasteiger partial charge in [0, 0.05) is 39.1 Å². The maximum absolute atomic E-state index is 2.27. The summed E-state index contributed by atoms with van der Waals surface area (Å²) in [6, 6.07) is 17.4. The third-order valence-corrected chi connectivity index (χ3v) is 3.35. The van der Waals surface area contributed by atoms with E-state index in [2.05, 4.69) is 86.4 Å². The summed E-state index contributed by atoms with van der Waals surface area (Å²) in [7, 11) is 6.26. The quantitative estimate of drug-likeness (QED) is 0.821. The highest BCUT2D eigenvalue weighted by Gasteiger charge is 2.02. The molecule has 0 heterocycles. The third kappa shape index (κ3) is 3.50. The van der Waals surface area contributed by atoms with Crippen LogP contribution < -0.4 is 9.80 Å². The Morgan fingerprint density at radius 3 is 1.79 bits per heavy atom. The zero-order valence-corrected chi connectivity index (χ0v) is 12.2. The largest absolute Gasteiger partial charge is 0.378 e. The molecule has 0 spiro atoms. The molecule has 0 saturated carbocycles. The van der Waals surface area contributed by atoms with Gasteiger partial charge in [0.2, 0.25) is 0 Å². The first-order chi connectivity index (χ1) is 9.06. The van der Waals surface area contributed by atoms with Crippen molar-refractivity contribution < 1.29 is 0 Å². The molecule has 0 aliphatic heterocycles. The summed E-state index contributed by atoms with van der Waals surface area (Å²) in [6.07, 6.45) is 0. The van der Waals surface area contributed by atoms with E-state index in [4.69, 9.17) is 0 Å². The molecule has 2 aromatic rings. The van der Waals surface area contributed by atoms with E-state index in [0.29, 0.717) is 0 Å². The SMILES string of the molecule is Cc1ccc(N(C)Cc2ccc(N(C)C)cc2)cc1. The summed E-state index contributed by atoms with van der Waals surface area (Å²) in [5, 5.41) is 0. The second kappa shape index (κ2) is 5.79. The first-order valence-electron chi connectivity index (χ1n) is 6.60. The lowest BCUT2D eigenvalue weighted by molar-refractivity contribution is 0.922. The lowest BCUT2D eigenvalue weighted by Gasteiger charge is -2.20. The van der Waals surface area contributed by atoms with Crippen LogP contribution in [0.5, 0.6) is 0 Å². The van der Waals surface area contributed by atoms with Crippen LogP contribution in [0.4, 0.5) is 11.4 Å². The highest BCUT2D eigenvalue weighted by Crippen LogP contribution is 2.18. The van der Waals surface area contributed by atoms with Gasteiger partial charge in [-0.1, -0.05) is 29.8 Å². The zero-order valence-electron chi connectivity index (χ0n) is 12.2. The van der Waals surface area contributed by atoms with Gasteiger partial charge in [-0.15, -0.1) is 0 Å². The highest BCUT2D eigenvalue weighted by molar-refractivity contribution is 5.49. The number of aryl methyl sites for hydroxylation is 1. The van der Waals surface area contributed by atoms with Crippen LogP contribution in [0.15, 0.2) is 48.5 Å². The van der Waals surface area contributed by atoms with Crippen molar-refractivity contribution in [2.24, 2.45) is 0 Å². The molecule has 0 aliphatic carbocycles. The Kier molecular flexibility index (Phi) is 4.10. The molecular weight excluding hydrogens is 232 g/mol. The molecule has 2 aromatic carbocycles. The van der Waals surface area contributed by atoms with Gasteiger partial charge in [0.15, 0.2) is 0 Å². The Balaban J connectivity index is 2.06. The molecule has 0 amide bonds. The molecule has 0 bridgehead atoms. The van der Waals surface area contributed by atoms with Crippen molar-refractivity contribution in [3.05, 3.63) is 59.7 Å². The van der Waals surface area contributed by atoms with Crippen LogP contribution in [0.3, 0.4) is 0 Å². The zero-order chi connectivity index (χ0) is 13.8. The van der Waals surface area contributed by atoms with Gasteiger partial charge in [0.1, 0.15) is 0 Å². The number of hydrogen-bond acceptors (Lipinski definition) is 2. The second-order valence-electron chi connectivity index (χ2n) is 5.25. The van der Waals surface area contributed by atoms with Crippen molar-refractivity contribution in [1.29, 1.82) is 0 Å². The minimum absolute atomic E-state index is 0.927. The van der Waals surface area contributed by atoms with Gasteiger partial charge in [0.05, 0.1) is 0 Å². The van der Waals surface area contributed by atoms with E-state index in [1.807, 2.05) is 0 Å². The van der Waals surface area contributed by atoms with Gasteiger partial charge in [-0.25, -0.2) is 0 Å². The summed E-state index contributed by atoms with van der Waals surface area (Å²) in [5.74, 6) is 0. The molecule has 2 nitrogen and oxygen atoms in total. The van der Waals surface area contributed by atoms with Gasteiger partial charge >= 0.3 is 0 Å². The Morgan fingerprint density at radius 1 is 0.737 bits per heavy atom. The van der Waals surface area contributed by atoms with Crippen molar-refractivity contribution in [3.8, 4) is 0 Å². The van der Waals surface area contributed by atoms with Crippen LogP contribution in [0, 0.1) is 6.92 Å². The monoisotopic (exact) mass is 254 g/mol. The molecule has 0 atom stereocenters. The molecule has 0 radical (unpaired) electrons. The Morgan fingerprint density at radius 2 is 1.26 bits per heavy atom. The van der Waals surface area contributed by atoms with Crippen molar-refractivity contribution in [2.45, 2.75) is 13.5 Å². The molecule has 2 rings (SSSR count). The number of rotatable bonds is 4. The van der Waals surface area contributed by atoms with Crippen LogP contribution in [-0.4, -0.2) is 21.1 Å². The van der Waals surface area contributed by atoms with Gasteiger partial charge < -0.3 is 9.80 Å². The summed E-state index contributed by atoms with van der Waals surface area (Å²) in [5.41, 5.74) is 5.12. The van der Waals surface area contributed by atoms with Crippen molar-refractivity contribution in [2.75, 3.05) is 30.9 Å². The molecule has 19 heavy (non-hydrogen) atoms. The Hall–Kier alpha value is -1.96. The fourth-order valence-corrected chi connectivity index (χ4v) is 2.06. The Bertz CT molecular complexity index is 512. The highest BCUT2D eigenvalue weighted by atomic mass is 15.1. The predicted molar refractivity (Wildman–Crippen MR) is 84.1 cm³/mol. The smallest absolute Gasteiger partial charge is 0.0426 e. The maximum Gasteiger partial charge on any atom is 0.0426 e. The predicted octanol–water partition coefficient (Wildman–Crippen LogP) is 3.70. The number of hydrogen-bond donors (Lipinski definition) is 0. The van der Waals surface area contributed by atoms with E-state index >= 15 is 0 Å². The average Bonchev–Trinajstić information content (AvgIpc) is 2.40. The first-order valence-corrected chi connectivity index (χ1v) is 6.60. The van der Waals surface area contributed by atoms with E-state index < -0.39 is 0 Å². The summed E-state index contributed by atoms with van der Waals surface area (Å²) >= 11 is 0. The summed E-state index contributed by atoms with van der Waals surface area (Å²) in [4.78, 5) is 4.39. The molecule has 100 valence electrons. The van der Waals surface area contributed by atoms with Crippen LogP contribution in [-0.2, 0) is 6.54 Å². The van der Waals surface area contributed by atoms with Crippen LogP contribution in [0.25, 0.3) is 0 Å². The molecule has 0 aliphatic rings. The molecular formula is C17H22N2. The van der Waals surface area contributed by atoms with Gasteiger partial charge in [-0.3, -0.25) is 0 Å².